The van der Waals surface area contributed by atoms with Gasteiger partial charge in [-0.15, -0.1) is 0 Å². The first kappa shape index (κ1) is 16.3. The molecule has 0 aliphatic heterocycles. The van der Waals surface area contributed by atoms with Crippen molar-refractivity contribution in [1.29, 1.82) is 0 Å². The molecule has 18 heavy (non-hydrogen) atoms. The first-order chi connectivity index (χ1) is 7.87. The molecule has 11 heteroatoms. The van der Waals surface area contributed by atoms with Crippen molar-refractivity contribution in [2.75, 3.05) is 0 Å². The van der Waals surface area contributed by atoms with E-state index in [-0.39, 0.29) is 0 Å². The summed E-state index contributed by atoms with van der Waals surface area (Å²) in [7, 11) is 0. The van der Waals surface area contributed by atoms with Crippen molar-refractivity contribution in [2.45, 2.75) is 11.8 Å². The number of carboxylic acids is 1. The number of halogens is 9. The summed E-state index contributed by atoms with van der Waals surface area (Å²) in [5.74, 6) is -20.0. The van der Waals surface area contributed by atoms with Crippen molar-refractivity contribution in [3.8, 4) is 0 Å². The van der Waals surface area contributed by atoms with Crippen molar-refractivity contribution in [3.05, 3.63) is 23.6 Å². The molecule has 0 unspecified atom stereocenters. The fourth-order valence-corrected chi connectivity index (χ4v) is 0.747. The number of hydrogen-bond donors (Lipinski definition) is 1. The average Bonchev–Trinajstić information content (AvgIpc) is 2.13. The Labute approximate surface area is 92.0 Å². The van der Waals surface area contributed by atoms with Gasteiger partial charge >= 0.3 is 23.9 Å². The van der Waals surface area contributed by atoms with E-state index in [1.807, 2.05) is 0 Å². The monoisotopic (exact) mass is 288 g/mol. The summed E-state index contributed by atoms with van der Waals surface area (Å²) < 4.78 is 109. The third-order valence-corrected chi connectivity index (χ3v) is 1.55. The van der Waals surface area contributed by atoms with Gasteiger partial charge in [0.25, 0.3) is 6.08 Å². The summed E-state index contributed by atoms with van der Waals surface area (Å²) in [4.78, 5) is 9.95. The molecule has 0 atom stereocenters. The lowest BCUT2D eigenvalue weighted by molar-refractivity contribution is -0.182. The zero-order valence-electron chi connectivity index (χ0n) is 7.76. The highest BCUT2D eigenvalue weighted by molar-refractivity contribution is 5.89. The Morgan fingerprint density at radius 1 is 0.778 bits per heavy atom. The molecule has 0 rings (SSSR count). The van der Waals surface area contributed by atoms with E-state index >= 15 is 0 Å². The highest BCUT2D eigenvalue weighted by atomic mass is 19.3. The van der Waals surface area contributed by atoms with Gasteiger partial charge in [0.05, 0.1) is 0 Å². The van der Waals surface area contributed by atoms with Crippen LogP contribution in [-0.4, -0.2) is 22.9 Å². The second kappa shape index (κ2) is 4.90. The largest absolute Gasteiger partial charge is 0.478 e. The number of hydrogen-bond acceptors (Lipinski definition) is 1. The number of carboxylic acid groups (broad SMARTS) is 1. The Morgan fingerprint density at radius 3 is 1.39 bits per heavy atom. The second-order valence-corrected chi connectivity index (χ2v) is 2.66. The summed E-state index contributed by atoms with van der Waals surface area (Å²) in [6.45, 7) is 0. The minimum atomic E-state index is -6.43. The van der Waals surface area contributed by atoms with Gasteiger partial charge in [0.1, 0.15) is 0 Å². The second-order valence-electron chi connectivity index (χ2n) is 2.66. The standard InChI is InChI=1S/C7HF9O2/c8-2(4(11)12)7(15,16)6(13,14)1(3(9)10)5(17)18/h(H,17,18). The number of rotatable bonds is 4. The van der Waals surface area contributed by atoms with E-state index in [1.165, 1.54) is 0 Å². The molecule has 0 aliphatic rings. The summed E-state index contributed by atoms with van der Waals surface area (Å²) in [5.41, 5.74) is -3.47. The molecule has 0 aliphatic carbocycles. The normalized spacial score (nSPS) is 12.1. The summed E-state index contributed by atoms with van der Waals surface area (Å²) in [6, 6.07) is 0. The van der Waals surface area contributed by atoms with Crippen LogP contribution >= 0.6 is 0 Å². The van der Waals surface area contributed by atoms with Crippen LogP contribution in [0.4, 0.5) is 39.5 Å². The van der Waals surface area contributed by atoms with Crippen molar-refractivity contribution >= 4 is 5.97 Å². The number of alkyl halides is 4. The van der Waals surface area contributed by atoms with E-state index in [4.69, 9.17) is 5.11 Å². The molecule has 0 amide bonds. The van der Waals surface area contributed by atoms with Crippen LogP contribution in [0.3, 0.4) is 0 Å². The Morgan fingerprint density at radius 2 is 1.17 bits per heavy atom. The van der Waals surface area contributed by atoms with E-state index < -0.39 is 41.4 Å². The lowest BCUT2D eigenvalue weighted by Crippen LogP contribution is -2.45. The molecule has 0 bridgehead atoms. The lowest BCUT2D eigenvalue weighted by Gasteiger charge is -2.24. The van der Waals surface area contributed by atoms with Gasteiger partial charge in [-0.3, -0.25) is 0 Å². The lowest BCUT2D eigenvalue weighted by atomic mass is 10.0. The van der Waals surface area contributed by atoms with Crippen LogP contribution in [-0.2, 0) is 4.79 Å². The third-order valence-electron chi connectivity index (χ3n) is 1.55. The van der Waals surface area contributed by atoms with Crippen LogP contribution in [0.1, 0.15) is 0 Å². The van der Waals surface area contributed by atoms with Crippen molar-refractivity contribution in [1.82, 2.24) is 0 Å². The van der Waals surface area contributed by atoms with Gasteiger partial charge in [-0.2, -0.15) is 39.5 Å². The van der Waals surface area contributed by atoms with Crippen LogP contribution < -0.4 is 0 Å². The summed E-state index contributed by atoms with van der Waals surface area (Å²) in [6.07, 6.45) is -7.65. The SMILES string of the molecule is O=C(O)C(=C(F)F)C(F)(F)C(F)(F)C(F)=C(F)F. The minimum absolute atomic E-state index is 3.20. The molecule has 104 valence electrons. The molecule has 0 heterocycles. The van der Waals surface area contributed by atoms with Crippen LogP contribution in [0.5, 0.6) is 0 Å². The zero-order valence-corrected chi connectivity index (χ0v) is 7.76. The molecule has 1 N–H and O–H groups in total. The number of carbonyl (C=O) groups is 1. The van der Waals surface area contributed by atoms with Gasteiger partial charge < -0.3 is 5.11 Å². The average molecular weight is 288 g/mol. The predicted molar refractivity (Wildman–Crippen MR) is 37.1 cm³/mol. The zero-order chi connectivity index (χ0) is 14.9. The maximum absolute atomic E-state index is 12.7. The summed E-state index contributed by atoms with van der Waals surface area (Å²) in [5, 5.41) is 7.89. The molecule has 0 saturated carbocycles. The summed E-state index contributed by atoms with van der Waals surface area (Å²) >= 11 is 0. The van der Waals surface area contributed by atoms with Crippen molar-refractivity contribution < 1.29 is 49.4 Å². The van der Waals surface area contributed by atoms with Gasteiger partial charge in [-0.1, -0.05) is 0 Å². The first-order valence-corrected chi connectivity index (χ1v) is 3.63. The van der Waals surface area contributed by atoms with E-state index in [1.54, 1.807) is 0 Å². The number of allylic oxidation sites excluding steroid dienone is 1. The molecule has 0 saturated heterocycles. The van der Waals surface area contributed by atoms with Gasteiger partial charge in [0.15, 0.2) is 5.57 Å². The van der Waals surface area contributed by atoms with E-state index in [9.17, 15) is 44.3 Å². The van der Waals surface area contributed by atoms with Crippen molar-refractivity contribution in [2.24, 2.45) is 0 Å². The minimum Gasteiger partial charge on any atom is -0.478 e. The predicted octanol–water partition coefficient (Wildman–Crippen LogP) is 3.57. The first-order valence-electron chi connectivity index (χ1n) is 3.63. The topological polar surface area (TPSA) is 37.3 Å². The van der Waals surface area contributed by atoms with Crippen LogP contribution in [0.15, 0.2) is 23.6 Å². The Hall–Kier alpha value is -1.68. The van der Waals surface area contributed by atoms with Gasteiger partial charge in [-0.05, 0) is 0 Å². The molecule has 0 fully saturated rings. The molecule has 0 aromatic heterocycles. The van der Waals surface area contributed by atoms with Gasteiger partial charge in [-0.25, -0.2) is 4.79 Å². The third kappa shape index (κ3) is 2.59. The highest BCUT2D eigenvalue weighted by Crippen LogP contribution is 2.47. The van der Waals surface area contributed by atoms with E-state index in [0.717, 1.165) is 0 Å². The van der Waals surface area contributed by atoms with Crippen LogP contribution in [0, 0.1) is 0 Å². The molecule has 2 nitrogen and oxygen atoms in total. The quantitative estimate of drug-likeness (QED) is 0.634. The maximum atomic E-state index is 12.7. The van der Waals surface area contributed by atoms with E-state index in [0.29, 0.717) is 0 Å². The number of aliphatic carboxylic acids is 1. The fraction of sp³-hybridized carbons (Fsp3) is 0.286. The maximum Gasteiger partial charge on any atom is 0.370 e. The molecule has 0 radical (unpaired) electrons. The Bertz CT molecular complexity index is 415. The van der Waals surface area contributed by atoms with Gasteiger partial charge in [0, 0.05) is 0 Å². The fourth-order valence-electron chi connectivity index (χ4n) is 0.747. The molecule has 0 spiro atoms. The van der Waals surface area contributed by atoms with Crippen molar-refractivity contribution in [3.63, 3.8) is 0 Å². The molecular formula is C7HF9O2. The molecule has 0 aromatic carbocycles. The van der Waals surface area contributed by atoms with Crippen LogP contribution in [0.2, 0.25) is 0 Å². The molecule has 0 aromatic rings. The molecular weight excluding hydrogens is 287 g/mol. The van der Waals surface area contributed by atoms with E-state index in [2.05, 4.69) is 0 Å². The highest BCUT2D eigenvalue weighted by Gasteiger charge is 2.66. The van der Waals surface area contributed by atoms with Crippen LogP contribution in [0.25, 0.3) is 0 Å². The van der Waals surface area contributed by atoms with Gasteiger partial charge in [0.2, 0.25) is 5.83 Å². The Balaban J connectivity index is 6.02. The smallest absolute Gasteiger partial charge is 0.370 e. The Kier molecular flexibility index (Phi) is 4.44.